The van der Waals surface area contributed by atoms with Crippen molar-refractivity contribution in [2.75, 3.05) is 31.1 Å². The first kappa shape index (κ1) is 17.0. The number of carbonyl (C=O) groups excluding carboxylic acids is 2. The van der Waals surface area contributed by atoms with Crippen LogP contribution in [0.2, 0.25) is 0 Å². The number of carbonyl (C=O) groups is 2. The van der Waals surface area contributed by atoms with Crippen molar-refractivity contribution in [3.05, 3.63) is 23.9 Å². The molecule has 0 unspecified atom stereocenters. The van der Waals surface area contributed by atoms with Gasteiger partial charge < -0.3 is 14.5 Å². The molecule has 2 amide bonds. The number of hydrogen-bond donors (Lipinski definition) is 2. The number of nitrogen functional groups attached to an aromatic ring is 1. The van der Waals surface area contributed by atoms with Crippen molar-refractivity contribution in [2.45, 2.75) is 26.4 Å². The Morgan fingerprint density at radius 3 is 2.35 bits per heavy atom. The zero-order valence-corrected chi connectivity index (χ0v) is 13.7. The zero-order valence-electron chi connectivity index (χ0n) is 13.7. The standard InChI is InChI=1S/C15H23N5O3/c1-15(2,3)23-14(22)20-8-6-19(7-9-20)12-5-4-11(10-17-12)13(21)18-16/h4-5,10H,6-9,16H2,1-3H3,(H,18,21). The SMILES string of the molecule is CC(C)(C)OC(=O)N1CCN(c2ccc(C(=O)NN)cn2)CC1. The number of piperazine rings is 1. The van der Waals surface area contributed by atoms with Crippen LogP contribution >= 0.6 is 0 Å². The third-order valence-corrected chi connectivity index (χ3v) is 3.40. The smallest absolute Gasteiger partial charge is 0.410 e. The summed E-state index contributed by atoms with van der Waals surface area (Å²) >= 11 is 0. The molecule has 0 spiro atoms. The van der Waals surface area contributed by atoms with E-state index in [1.54, 1.807) is 17.0 Å². The van der Waals surface area contributed by atoms with E-state index in [9.17, 15) is 9.59 Å². The van der Waals surface area contributed by atoms with Crippen LogP contribution in [0.15, 0.2) is 18.3 Å². The van der Waals surface area contributed by atoms with E-state index in [0.29, 0.717) is 31.7 Å². The number of anilines is 1. The number of pyridine rings is 1. The van der Waals surface area contributed by atoms with Crippen molar-refractivity contribution in [2.24, 2.45) is 5.84 Å². The van der Waals surface area contributed by atoms with Crippen molar-refractivity contribution in [3.63, 3.8) is 0 Å². The van der Waals surface area contributed by atoms with Crippen molar-refractivity contribution < 1.29 is 14.3 Å². The average Bonchev–Trinajstić information content (AvgIpc) is 2.53. The number of nitrogens with zero attached hydrogens (tertiary/aromatic N) is 3. The van der Waals surface area contributed by atoms with Crippen LogP contribution in [-0.4, -0.2) is 53.7 Å². The molecule has 1 aliphatic rings. The van der Waals surface area contributed by atoms with Crippen molar-refractivity contribution in [1.29, 1.82) is 0 Å². The van der Waals surface area contributed by atoms with E-state index >= 15 is 0 Å². The summed E-state index contributed by atoms with van der Waals surface area (Å²) in [4.78, 5) is 31.4. The van der Waals surface area contributed by atoms with E-state index in [1.807, 2.05) is 20.8 Å². The minimum absolute atomic E-state index is 0.292. The Morgan fingerprint density at radius 1 is 1.22 bits per heavy atom. The number of amides is 2. The number of aromatic nitrogens is 1. The first-order valence-corrected chi connectivity index (χ1v) is 7.50. The van der Waals surface area contributed by atoms with Crippen molar-refractivity contribution in [1.82, 2.24) is 15.3 Å². The molecule has 3 N–H and O–H groups in total. The molecule has 1 aliphatic heterocycles. The molecule has 0 radical (unpaired) electrons. The molecule has 23 heavy (non-hydrogen) atoms. The summed E-state index contributed by atoms with van der Waals surface area (Å²) in [7, 11) is 0. The van der Waals surface area contributed by atoms with Gasteiger partial charge in [-0.05, 0) is 32.9 Å². The maximum Gasteiger partial charge on any atom is 0.410 e. The summed E-state index contributed by atoms with van der Waals surface area (Å²) in [6.45, 7) is 8.02. The molecule has 2 rings (SSSR count). The van der Waals surface area contributed by atoms with Crippen LogP contribution in [0, 0.1) is 0 Å². The molecule has 2 heterocycles. The molecule has 0 aliphatic carbocycles. The Balaban J connectivity index is 1.91. The first-order chi connectivity index (χ1) is 10.8. The number of hydrogen-bond acceptors (Lipinski definition) is 6. The van der Waals surface area contributed by atoms with Gasteiger partial charge in [-0.15, -0.1) is 0 Å². The highest BCUT2D eigenvalue weighted by atomic mass is 16.6. The largest absolute Gasteiger partial charge is 0.444 e. The number of nitrogens with two attached hydrogens (primary N) is 1. The van der Waals surface area contributed by atoms with Gasteiger partial charge in [-0.25, -0.2) is 15.6 Å². The highest BCUT2D eigenvalue weighted by molar-refractivity contribution is 5.93. The molecular weight excluding hydrogens is 298 g/mol. The molecule has 0 atom stereocenters. The molecule has 8 nitrogen and oxygen atoms in total. The van der Waals surface area contributed by atoms with Gasteiger partial charge in [0.2, 0.25) is 0 Å². The molecule has 1 aromatic rings. The Hall–Kier alpha value is -2.35. The third kappa shape index (κ3) is 4.56. The predicted octanol–water partition coefficient (Wildman–Crippen LogP) is 0.742. The summed E-state index contributed by atoms with van der Waals surface area (Å²) in [6.07, 6.45) is 1.19. The lowest BCUT2D eigenvalue weighted by atomic mass is 10.2. The van der Waals surface area contributed by atoms with Crippen LogP contribution < -0.4 is 16.2 Å². The van der Waals surface area contributed by atoms with Crippen LogP contribution in [-0.2, 0) is 4.74 Å². The number of ether oxygens (including phenoxy) is 1. The van der Waals surface area contributed by atoms with Gasteiger partial charge in [0.05, 0.1) is 5.56 Å². The topological polar surface area (TPSA) is 101 Å². The predicted molar refractivity (Wildman–Crippen MR) is 85.9 cm³/mol. The average molecular weight is 321 g/mol. The maximum atomic E-state index is 12.0. The van der Waals surface area contributed by atoms with Gasteiger partial charge in [0.1, 0.15) is 11.4 Å². The van der Waals surface area contributed by atoms with E-state index in [4.69, 9.17) is 10.6 Å². The molecule has 8 heteroatoms. The number of nitrogens with one attached hydrogen (secondary N) is 1. The lowest BCUT2D eigenvalue weighted by Gasteiger charge is -2.36. The van der Waals surface area contributed by atoms with Crippen LogP contribution in [0.4, 0.5) is 10.6 Å². The van der Waals surface area contributed by atoms with Crippen LogP contribution in [0.3, 0.4) is 0 Å². The Kier molecular flexibility index (Phi) is 5.05. The normalized spacial score (nSPS) is 15.3. The maximum absolute atomic E-state index is 12.0. The van der Waals surface area contributed by atoms with Gasteiger partial charge in [0, 0.05) is 32.4 Å². The van der Waals surface area contributed by atoms with Gasteiger partial charge >= 0.3 is 6.09 Å². The fourth-order valence-electron chi connectivity index (χ4n) is 2.24. The van der Waals surface area contributed by atoms with Gasteiger partial charge in [0.25, 0.3) is 5.91 Å². The number of rotatable bonds is 2. The molecule has 126 valence electrons. The van der Waals surface area contributed by atoms with Crippen LogP contribution in [0.5, 0.6) is 0 Å². The van der Waals surface area contributed by atoms with E-state index < -0.39 is 5.60 Å². The summed E-state index contributed by atoms with van der Waals surface area (Å²) in [5.41, 5.74) is 1.98. The third-order valence-electron chi connectivity index (χ3n) is 3.40. The lowest BCUT2D eigenvalue weighted by molar-refractivity contribution is 0.0240. The minimum Gasteiger partial charge on any atom is -0.444 e. The molecule has 1 aromatic heterocycles. The highest BCUT2D eigenvalue weighted by Crippen LogP contribution is 2.16. The van der Waals surface area contributed by atoms with Gasteiger partial charge in [-0.3, -0.25) is 10.2 Å². The van der Waals surface area contributed by atoms with Crippen LogP contribution in [0.1, 0.15) is 31.1 Å². The quantitative estimate of drug-likeness (QED) is 0.473. The second kappa shape index (κ2) is 6.82. The molecule has 1 fully saturated rings. The summed E-state index contributed by atoms with van der Waals surface area (Å²) in [5, 5.41) is 0. The van der Waals surface area contributed by atoms with E-state index in [2.05, 4.69) is 15.3 Å². The summed E-state index contributed by atoms with van der Waals surface area (Å²) in [5.74, 6) is 5.48. The van der Waals surface area contributed by atoms with Gasteiger partial charge in [-0.1, -0.05) is 0 Å². The fraction of sp³-hybridized carbons (Fsp3) is 0.533. The van der Waals surface area contributed by atoms with Gasteiger partial charge in [-0.2, -0.15) is 0 Å². The second-order valence-corrected chi connectivity index (χ2v) is 6.33. The summed E-state index contributed by atoms with van der Waals surface area (Å²) in [6, 6.07) is 3.44. The molecule has 0 saturated carbocycles. The minimum atomic E-state index is -0.491. The van der Waals surface area contributed by atoms with Gasteiger partial charge in [0.15, 0.2) is 0 Å². The van der Waals surface area contributed by atoms with Crippen molar-refractivity contribution in [3.8, 4) is 0 Å². The molecule has 1 saturated heterocycles. The van der Waals surface area contributed by atoms with E-state index in [1.165, 1.54) is 6.20 Å². The highest BCUT2D eigenvalue weighted by Gasteiger charge is 2.26. The Labute approximate surface area is 135 Å². The second-order valence-electron chi connectivity index (χ2n) is 6.33. The van der Waals surface area contributed by atoms with Crippen molar-refractivity contribution >= 4 is 17.8 Å². The molecule has 0 aromatic carbocycles. The Bertz CT molecular complexity index is 559. The first-order valence-electron chi connectivity index (χ1n) is 7.50. The number of hydrazine groups is 1. The van der Waals surface area contributed by atoms with Crippen LogP contribution in [0.25, 0.3) is 0 Å². The Morgan fingerprint density at radius 2 is 1.87 bits per heavy atom. The monoisotopic (exact) mass is 321 g/mol. The van der Waals surface area contributed by atoms with E-state index in [0.717, 1.165) is 5.82 Å². The molecular formula is C15H23N5O3. The summed E-state index contributed by atoms with van der Waals surface area (Å²) < 4.78 is 5.37. The zero-order chi connectivity index (χ0) is 17.0. The lowest BCUT2D eigenvalue weighted by Crippen LogP contribution is -2.50. The van der Waals surface area contributed by atoms with E-state index in [-0.39, 0.29) is 12.0 Å². The fourth-order valence-corrected chi connectivity index (χ4v) is 2.24. The molecule has 0 bridgehead atoms.